The zero-order chi connectivity index (χ0) is 8.91. The molecule has 1 rings (SSSR count). The van der Waals surface area contributed by atoms with Crippen molar-refractivity contribution in [3.8, 4) is 0 Å². The molecule has 11 heavy (non-hydrogen) atoms. The average Bonchev–Trinajstić information content (AvgIpc) is 2.38. The van der Waals surface area contributed by atoms with Crippen molar-refractivity contribution in [1.82, 2.24) is 4.90 Å². The maximum absolute atomic E-state index is 8.95. The van der Waals surface area contributed by atoms with Crippen molar-refractivity contribution < 1.29 is 5.11 Å². The third-order valence-corrected chi connectivity index (χ3v) is 2.47. The van der Waals surface area contributed by atoms with Crippen LogP contribution in [0, 0.1) is 0 Å². The smallest absolute Gasteiger partial charge is 0.0612 e. The van der Waals surface area contributed by atoms with Crippen LogP contribution in [0.4, 0.5) is 0 Å². The van der Waals surface area contributed by atoms with E-state index in [9.17, 15) is 0 Å². The molecule has 0 aromatic heterocycles. The lowest BCUT2D eigenvalue weighted by Crippen LogP contribution is -2.41. The molecular weight excluding hydrogens is 138 g/mol. The van der Waals surface area contributed by atoms with E-state index in [-0.39, 0.29) is 5.54 Å². The second kappa shape index (κ2) is 4.73. The van der Waals surface area contributed by atoms with Gasteiger partial charge in [-0.3, -0.25) is 4.90 Å². The summed E-state index contributed by atoms with van der Waals surface area (Å²) in [7, 11) is 2.07. The van der Waals surface area contributed by atoms with Crippen molar-refractivity contribution in [1.29, 1.82) is 0 Å². The van der Waals surface area contributed by atoms with Crippen LogP contribution in [0.15, 0.2) is 0 Å². The Morgan fingerprint density at radius 1 is 1.45 bits per heavy atom. The third kappa shape index (κ3) is 2.46. The summed E-state index contributed by atoms with van der Waals surface area (Å²) < 4.78 is 0. The molecule has 0 aromatic rings. The number of likely N-dealkylation sites (N-methyl/N-ethyl adjacent to an activating group) is 1. The van der Waals surface area contributed by atoms with Crippen LogP contribution in [0.25, 0.3) is 0 Å². The first-order valence-electron chi connectivity index (χ1n) is 4.51. The fourth-order valence-corrected chi connectivity index (χ4v) is 1.36. The highest BCUT2D eigenvalue weighted by atomic mass is 16.3. The second-order valence-electron chi connectivity index (χ2n) is 3.18. The molecule has 0 unspecified atom stereocenters. The van der Waals surface area contributed by atoms with Gasteiger partial charge in [0.1, 0.15) is 0 Å². The van der Waals surface area contributed by atoms with Crippen LogP contribution in [-0.4, -0.2) is 35.7 Å². The maximum Gasteiger partial charge on any atom is 0.0612 e. The van der Waals surface area contributed by atoms with E-state index in [0.717, 1.165) is 13.0 Å². The van der Waals surface area contributed by atoms with Gasteiger partial charge in [-0.1, -0.05) is 13.8 Å². The van der Waals surface area contributed by atoms with Gasteiger partial charge in [0.05, 0.1) is 6.61 Å². The lowest BCUT2D eigenvalue weighted by Gasteiger charge is -2.29. The molecule has 1 atom stereocenters. The molecular formula is C9H21NO. The summed E-state index contributed by atoms with van der Waals surface area (Å²) in [6.45, 7) is 7.54. The van der Waals surface area contributed by atoms with Gasteiger partial charge in [-0.15, -0.1) is 0 Å². The Morgan fingerprint density at radius 2 is 2.00 bits per heavy atom. The number of hydrogen-bond acceptors (Lipinski definition) is 2. The summed E-state index contributed by atoms with van der Waals surface area (Å²) in [4.78, 5) is 2.23. The van der Waals surface area contributed by atoms with Gasteiger partial charge in [0, 0.05) is 5.54 Å². The van der Waals surface area contributed by atoms with Gasteiger partial charge < -0.3 is 5.11 Å². The van der Waals surface area contributed by atoms with E-state index < -0.39 is 0 Å². The molecule has 0 spiro atoms. The maximum atomic E-state index is 8.95. The van der Waals surface area contributed by atoms with Crippen molar-refractivity contribution in [3.05, 3.63) is 0 Å². The molecule has 0 aliphatic carbocycles. The van der Waals surface area contributed by atoms with E-state index in [1.807, 2.05) is 13.8 Å². The summed E-state index contributed by atoms with van der Waals surface area (Å²) in [6.07, 6.45) is 2.37. The standard InChI is InChI=1S/C7H15NO.C2H6/c1-7(6-9)4-3-5-8(7)2;1-2/h9H,3-6H2,1-2H3;1-2H3/t7-;/m1./s1. The quantitative estimate of drug-likeness (QED) is 0.626. The number of aliphatic hydroxyl groups excluding tert-OH is 1. The molecule has 68 valence electrons. The second-order valence-corrected chi connectivity index (χ2v) is 3.18. The number of nitrogens with zero attached hydrogens (tertiary/aromatic N) is 1. The molecule has 0 saturated carbocycles. The Labute approximate surface area is 70.2 Å². The van der Waals surface area contributed by atoms with Crippen LogP contribution in [-0.2, 0) is 0 Å². The SMILES string of the molecule is CC.CN1CCC[C@]1(C)CO. The zero-order valence-corrected chi connectivity index (χ0v) is 8.22. The van der Waals surface area contributed by atoms with Crippen molar-refractivity contribution in [2.45, 2.75) is 39.2 Å². The largest absolute Gasteiger partial charge is 0.394 e. The molecule has 2 nitrogen and oxygen atoms in total. The Kier molecular flexibility index (Phi) is 4.69. The summed E-state index contributed by atoms with van der Waals surface area (Å²) in [5, 5.41) is 8.95. The Morgan fingerprint density at radius 3 is 2.18 bits per heavy atom. The summed E-state index contributed by atoms with van der Waals surface area (Å²) in [5.41, 5.74) is 0.0833. The number of rotatable bonds is 1. The van der Waals surface area contributed by atoms with E-state index in [0.29, 0.717) is 6.61 Å². The van der Waals surface area contributed by atoms with Crippen LogP contribution in [0.1, 0.15) is 33.6 Å². The normalized spacial score (nSPS) is 31.4. The lowest BCUT2D eigenvalue weighted by molar-refractivity contribution is 0.100. The molecule has 1 heterocycles. The van der Waals surface area contributed by atoms with E-state index >= 15 is 0 Å². The van der Waals surface area contributed by atoms with Crippen LogP contribution >= 0.6 is 0 Å². The van der Waals surface area contributed by atoms with E-state index in [1.165, 1.54) is 6.42 Å². The first-order valence-corrected chi connectivity index (χ1v) is 4.51. The van der Waals surface area contributed by atoms with Crippen LogP contribution < -0.4 is 0 Å². The molecule has 0 radical (unpaired) electrons. The molecule has 0 bridgehead atoms. The van der Waals surface area contributed by atoms with Crippen LogP contribution in [0.3, 0.4) is 0 Å². The highest BCUT2D eigenvalue weighted by Gasteiger charge is 2.32. The monoisotopic (exact) mass is 159 g/mol. The van der Waals surface area contributed by atoms with Gasteiger partial charge in [-0.05, 0) is 33.4 Å². The topological polar surface area (TPSA) is 23.5 Å². The van der Waals surface area contributed by atoms with E-state index in [1.54, 1.807) is 0 Å². The Bertz CT molecular complexity index is 106. The minimum absolute atomic E-state index is 0.0833. The van der Waals surface area contributed by atoms with Gasteiger partial charge in [0.2, 0.25) is 0 Å². The molecule has 1 saturated heterocycles. The lowest BCUT2D eigenvalue weighted by atomic mass is 10.0. The first-order chi connectivity index (χ1) is 5.19. The fraction of sp³-hybridized carbons (Fsp3) is 1.00. The zero-order valence-electron chi connectivity index (χ0n) is 8.22. The van der Waals surface area contributed by atoms with Gasteiger partial charge in [0.25, 0.3) is 0 Å². The van der Waals surface area contributed by atoms with Crippen LogP contribution in [0.2, 0.25) is 0 Å². The Hall–Kier alpha value is -0.0800. The van der Waals surface area contributed by atoms with Crippen molar-refractivity contribution >= 4 is 0 Å². The van der Waals surface area contributed by atoms with Crippen molar-refractivity contribution in [2.75, 3.05) is 20.2 Å². The fourth-order valence-electron chi connectivity index (χ4n) is 1.36. The van der Waals surface area contributed by atoms with Crippen LogP contribution in [0.5, 0.6) is 0 Å². The van der Waals surface area contributed by atoms with E-state index in [4.69, 9.17) is 5.11 Å². The predicted octanol–water partition coefficient (Wildman–Crippen LogP) is 1.49. The Balaban J connectivity index is 0.000000461. The highest BCUT2D eigenvalue weighted by Crippen LogP contribution is 2.25. The summed E-state index contributed by atoms with van der Waals surface area (Å²) >= 11 is 0. The summed E-state index contributed by atoms with van der Waals surface area (Å²) in [5.74, 6) is 0. The molecule has 1 aliphatic rings. The summed E-state index contributed by atoms with van der Waals surface area (Å²) in [6, 6.07) is 0. The minimum atomic E-state index is 0.0833. The minimum Gasteiger partial charge on any atom is -0.394 e. The predicted molar refractivity (Wildman–Crippen MR) is 48.7 cm³/mol. The van der Waals surface area contributed by atoms with Crippen molar-refractivity contribution in [2.24, 2.45) is 0 Å². The molecule has 1 N–H and O–H groups in total. The van der Waals surface area contributed by atoms with Gasteiger partial charge in [-0.2, -0.15) is 0 Å². The highest BCUT2D eigenvalue weighted by molar-refractivity contribution is 4.88. The van der Waals surface area contributed by atoms with Crippen molar-refractivity contribution in [3.63, 3.8) is 0 Å². The number of likely N-dealkylation sites (tertiary alicyclic amines) is 1. The van der Waals surface area contributed by atoms with Gasteiger partial charge >= 0.3 is 0 Å². The molecule has 0 aromatic carbocycles. The van der Waals surface area contributed by atoms with E-state index in [2.05, 4.69) is 18.9 Å². The van der Waals surface area contributed by atoms with Gasteiger partial charge in [0.15, 0.2) is 0 Å². The molecule has 1 fully saturated rings. The number of hydrogen-bond donors (Lipinski definition) is 1. The van der Waals surface area contributed by atoms with Gasteiger partial charge in [-0.25, -0.2) is 0 Å². The molecule has 0 amide bonds. The molecule has 1 aliphatic heterocycles. The third-order valence-electron chi connectivity index (χ3n) is 2.47. The average molecular weight is 159 g/mol. The molecule has 2 heteroatoms. The first kappa shape index (κ1) is 10.9. The number of aliphatic hydroxyl groups is 1.